The van der Waals surface area contributed by atoms with Crippen LogP contribution in [0.5, 0.6) is 0 Å². The number of rotatable bonds is 4. The van der Waals surface area contributed by atoms with Crippen LogP contribution in [0, 0.1) is 23.5 Å². The number of nitrogens with one attached hydrogen (secondary N) is 1. The molecule has 232 valence electrons. The van der Waals surface area contributed by atoms with Crippen molar-refractivity contribution in [2.24, 2.45) is 11.8 Å². The average molecular weight is 672 g/mol. The Balaban J connectivity index is 1.16. The molecule has 13 heteroatoms. The zero-order valence-electron chi connectivity index (χ0n) is 24.7. The van der Waals surface area contributed by atoms with Gasteiger partial charge in [0.05, 0.1) is 5.69 Å². The SMILES string of the molecule is CC(C)(C)OC(=O)N1CC[C@]2(c3c(n(CC(=O)Nc4ccc(C5CC5)c(F)c4F)c4nc(Br)nn4c3=O)[C@H]3C[C@H]32)[C@@H]2CC[C@@H]21. The molecule has 2 amide bonds. The number of aromatic nitrogens is 4. The van der Waals surface area contributed by atoms with E-state index >= 15 is 0 Å². The van der Waals surface area contributed by atoms with Gasteiger partial charge >= 0.3 is 6.09 Å². The highest BCUT2D eigenvalue weighted by Crippen LogP contribution is 2.72. The van der Waals surface area contributed by atoms with Crippen molar-refractivity contribution in [3.8, 4) is 0 Å². The maximum Gasteiger partial charge on any atom is 0.410 e. The fourth-order valence-electron chi connectivity index (χ4n) is 8.41. The number of anilines is 1. The summed E-state index contributed by atoms with van der Waals surface area (Å²) in [6.45, 7) is 5.78. The fourth-order valence-corrected chi connectivity index (χ4v) is 8.73. The minimum Gasteiger partial charge on any atom is -0.444 e. The number of nitrogens with zero attached hydrogens (tertiary/aromatic N) is 5. The Labute approximate surface area is 260 Å². The first-order valence-corrected chi connectivity index (χ1v) is 16.1. The summed E-state index contributed by atoms with van der Waals surface area (Å²) >= 11 is 3.29. The molecule has 5 aliphatic rings. The summed E-state index contributed by atoms with van der Waals surface area (Å²) in [4.78, 5) is 47.0. The number of hydrogen-bond acceptors (Lipinski definition) is 6. The summed E-state index contributed by atoms with van der Waals surface area (Å²) < 4.78 is 38.6. The number of benzene rings is 1. The van der Waals surface area contributed by atoms with Gasteiger partial charge < -0.3 is 19.5 Å². The highest BCUT2D eigenvalue weighted by molar-refractivity contribution is 9.10. The minimum absolute atomic E-state index is 0.0303. The van der Waals surface area contributed by atoms with Crippen LogP contribution >= 0.6 is 15.9 Å². The van der Waals surface area contributed by atoms with Gasteiger partial charge in [-0.25, -0.2) is 13.6 Å². The standard InChI is InChI=1S/C31H33BrF2N6O4/c1-30(2,3)44-29(43)38-11-10-31(17-7-9-20(17)38)18-12-16(18)25-22(31)26(42)40-28(36-27(32)37-40)39(25)13-21(41)35-19-8-6-15(14-4-5-14)23(33)24(19)34/h6,8,14,16-18,20H,4-5,7,9-13H2,1-3H3,(H,35,41)/t16-,17+,18+,20-,31-/m0/s1. The minimum atomic E-state index is -1.07. The number of piperidine rings is 1. The van der Waals surface area contributed by atoms with Gasteiger partial charge in [0.15, 0.2) is 11.6 Å². The van der Waals surface area contributed by atoms with Crippen molar-refractivity contribution in [3.05, 3.63) is 55.7 Å². The predicted octanol–water partition coefficient (Wildman–Crippen LogP) is 5.22. The summed E-state index contributed by atoms with van der Waals surface area (Å²) in [5.41, 5.74) is 0.234. The van der Waals surface area contributed by atoms with Crippen molar-refractivity contribution >= 4 is 39.4 Å². The Morgan fingerprint density at radius 3 is 2.59 bits per heavy atom. The third-order valence-corrected chi connectivity index (χ3v) is 10.8. The van der Waals surface area contributed by atoms with Crippen LogP contribution in [0.15, 0.2) is 21.7 Å². The number of carbonyl (C=O) groups is 2. The van der Waals surface area contributed by atoms with Crippen LogP contribution < -0.4 is 10.9 Å². The van der Waals surface area contributed by atoms with Crippen LogP contribution in [0.1, 0.15) is 88.0 Å². The Hall–Kier alpha value is -3.35. The molecule has 0 bridgehead atoms. The van der Waals surface area contributed by atoms with E-state index in [1.54, 1.807) is 4.57 Å². The van der Waals surface area contributed by atoms with Gasteiger partial charge in [-0.1, -0.05) is 6.07 Å². The van der Waals surface area contributed by atoms with Gasteiger partial charge in [-0.3, -0.25) is 9.59 Å². The molecule has 3 saturated carbocycles. The van der Waals surface area contributed by atoms with Crippen molar-refractivity contribution in [1.29, 1.82) is 0 Å². The Morgan fingerprint density at radius 1 is 1.14 bits per heavy atom. The maximum atomic E-state index is 14.9. The van der Waals surface area contributed by atoms with E-state index in [1.165, 1.54) is 16.6 Å². The zero-order valence-corrected chi connectivity index (χ0v) is 26.3. The van der Waals surface area contributed by atoms with Gasteiger partial charge in [0.25, 0.3) is 5.56 Å². The van der Waals surface area contributed by atoms with Gasteiger partial charge in [0, 0.05) is 35.2 Å². The smallest absolute Gasteiger partial charge is 0.410 e. The van der Waals surface area contributed by atoms with Gasteiger partial charge in [-0.05, 0) is 105 Å². The molecule has 1 N–H and O–H groups in total. The molecule has 8 rings (SSSR count). The molecule has 10 nitrogen and oxygen atoms in total. The second kappa shape index (κ2) is 9.34. The van der Waals surface area contributed by atoms with Crippen LogP contribution in [0.3, 0.4) is 0 Å². The molecule has 1 aliphatic heterocycles. The van der Waals surface area contributed by atoms with Gasteiger partial charge in [0.2, 0.25) is 16.4 Å². The lowest BCUT2D eigenvalue weighted by molar-refractivity contribution is -0.116. The number of fused-ring (bicyclic) bond motifs is 8. The molecular weight excluding hydrogens is 638 g/mol. The van der Waals surface area contributed by atoms with Gasteiger partial charge in [0.1, 0.15) is 12.1 Å². The monoisotopic (exact) mass is 670 g/mol. The molecule has 4 fully saturated rings. The summed E-state index contributed by atoms with van der Waals surface area (Å²) in [7, 11) is 0. The molecule has 1 spiro atoms. The Kier molecular flexibility index (Phi) is 5.97. The van der Waals surface area contributed by atoms with E-state index in [4.69, 9.17) is 4.74 Å². The predicted molar refractivity (Wildman–Crippen MR) is 159 cm³/mol. The normalized spacial score (nSPS) is 28.4. The van der Waals surface area contributed by atoms with E-state index in [0.717, 1.165) is 37.8 Å². The number of carbonyl (C=O) groups excluding carboxylic acids is 2. The second-order valence-corrected chi connectivity index (χ2v) is 14.8. The van der Waals surface area contributed by atoms with Crippen molar-refractivity contribution < 1.29 is 23.1 Å². The molecule has 2 aromatic heterocycles. The highest BCUT2D eigenvalue weighted by Gasteiger charge is 2.70. The van der Waals surface area contributed by atoms with Crippen LogP contribution in [0.25, 0.3) is 5.78 Å². The molecule has 3 heterocycles. The third-order valence-electron chi connectivity index (χ3n) is 10.4. The maximum absolute atomic E-state index is 14.9. The molecule has 1 aromatic carbocycles. The van der Waals surface area contributed by atoms with Crippen molar-refractivity contribution in [2.45, 2.75) is 94.7 Å². The molecule has 0 unspecified atom stereocenters. The molecule has 5 atom stereocenters. The van der Waals surface area contributed by atoms with E-state index in [-0.39, 0.29) is 64.1 Å². The van der Waals surface area contributed by atoms with Gasteiger partial charge in [-0.2, -0.15) is 9.50 Å². The first-order valence-electron chi connectivity index (χ1n) is 15.4. The first-order chi connectivity index (χ1) is 20.9. The average Bonchev–Trinajstić information content (AvgIpc) is 3.85. The number of likely N-dealkylation sites (tertiary alicyclic amines) is 1. The number of amides is 2. The van der Waals surface area contributed by atoms with Crippen molar-refractivity contribution in [3.63, 3.8) is 0 Å². The summed E-state index contributed by atoms with van der Waals surface area (Å²) in [5.74, 6) is -1.95. The summed E-state index contributed by atoms with van der Waals surface area (Å²) in [5, 5.41) is 6.87. The van der Waals surface area contributed by atoms with E-state index in [0.29, 0.717) is 24.1 Å². The number of ether oxygens (including phenoxy) is 1. The quantitative estimate of drug-likeness (QED) is 0.408. The topological polar surface area (TPSA) is 111 Å². The zero-order chi connectivity index (χ0) is 30.9. The lowest BCUT2D eigenvalue weighted by Gasteiger charge is -2.57. The number of hydrogen-bond donors (Lipinski definition) is 1. The third kappa shape index (κ3) is 4.03. The van der Waals surface area contributed by atoms with Crippen LogP contribution in [-0.2, 0) is 21.5 Å². The molecular formula is C31H33BrF2N6O4. The van der Waals surface area contributed by atoms with Crippen LogP contribution in [0.4, 0.5) is 19.3 Å². The first kappa shape index (κ1) is 28.1. The molecule has 0 radical (unpaired) electrons. The van der Waals surface area contributed by atoms with Crippen molar-refractivity contribution in [1.82, 2.24) is 24.1 Å². The molecule has 4 aliphatic carbocycles. The van der Waals surface area contributed by atoms with E-state index in [9.17, 15) is 23.2 Å². The van der Waals surface area contributed by atoms with Crippen LogP contribution in [-0.4, -0.2) is 54.3 Å². The van der Waals surface area contributed by atoms with Crippen LogP contribution in [0.2, 0.25) is 0 Å². The number of halogens is 3. The second-order valence-electron chi connectivity index (χ2n) is 14.1. The molecule has 44 heavy (non-hydrogen) atoms. The summed E-state index contributed by atoms with van der Waals surface area (Å²) in [6.07, 6.45) is 4.54. The summed E-state index contributed by atoms with van der Waals surface area (Å²) in [6, 6.07) is 2.91. The van der Waals surface area contributed by atoms with Gasteiger partial charge in [-0.15, -0.1) is 5.10 Å². The Morgan fingerprint density at radius 2 is 1.91 bits per heavy atom. The lowest BCUT2D eigenvalue weighted by atomic mass is 9.54. The highest BCUT2D eigenvalue weighted by atomic mass is 79.9. The lowest BCUT2D eigenvalue weighted by Crippen LogP contribution is -2.64. The largest absolute Gasteiger partial charge is 0.444 e. The molecule has 1 saturated heterocycles. The van der Waals surface area contributed by atoms with E-state index < -0.39 is 28.6 Å². The van der Waals surface area contributed by atoms with E-state index in [1.807, 2.05) is 25.7 Å². The van der Waals surface area contributed by atoms with Crippen molar-refractivity contribution in [2.75, 3.05) is 11.9 Å². The van der Waals surface area contributed by atoms with E-state index in [2.05, 4.69) is 31.3 Å². The fraction of sp³-hybridized carbons (Fsp3) is 0.581. The molecule has 3 aromatic rings. The Bertz CT molecular complexity index is 1830.